The van der Waals surface area contributed by atoms with E-state index in [1.165, 1.54) is 30.5 Å². The first-order valence-electron chi connectivity index (χ1n) is 8.15. The predicted molar refractivity (Wildman–Crippen MR) is 92.2 cm³/mol. The molecule has 1 aliphatic rings. The second-order valence-corrected chi connectivity index (χ2v) is 6.31. The Morgan fingerprint density at radius 2 is 2.08 bits per heavy atom. The molecule has 0 radical (unpaired) electrons. The van der Waals surface area contributed by atoms with Crippen molar-refractivity contribution >= 4 is 23.3 Å². The van der Waals surface area contributed by atoms with Crippen LogP contribution in [0.4, 0.5) is 20.6 Å². The first kappa shape index (κ1) is 17.0. The maximum atomic E-state index is 14.0. The van der Waals surface area contributed by atoms with Crippen LogP contribution in [0.25, 0.3) is 0 Å². The van der Waals surface area contributed by atoms with Gasteiger partial charge in [0.25, 0.3) is 5.91 Å². The van der Waals surface area contributed by atoms with E-state index in [9.17, 15) is 14.0 Å². The van der Waals surface area contributed by atoms with E-state index in [1.54, 1.807) is 11.8 Å². The lowest BCUT2D eigenvalue weighted by Crippen LogP contribution is -2.32. The first-order valence-corrected chi connectivity index (χ1v) is 8.15. The minimum absolute atomic E-state index is 0.00168. The monoisotopic (exact) mass is 345 g/mol. The molecule has 0 saturated carbocycles. The number of anilines is 2. The summed E-state index contributed by atoms with van der Waals surface area (Å²) in [5, 5.41) is 5.25. The number of aryl methyl sites for hydroxylation is 1. The molecule has 25 heavy (non-hydrogen) atoms. The molecule has 132 valence electrons. The molecule has 2 heterocycles. The molecular formula is C18H20FN3O3. The van der Waals surface area contributed by atoms with E-state index in [0.29, 0.717) is 36.0 Å². The molecule has 0 bridgehead atoms. The van der Waals surface area contributed by atoms with E-state index in [2.05, 4.69) is 17.6 Å². The van der Waals surface area contributed by atoms with Crippen LogP contribution in [0, 0.1) is 18.7 Å². The van der Waals surface area contributed by atoms with E-state index in [0.717, 1.165) is 6.42 Å². The smallest absolute Gasteiger partial charge is 0.321 e. The van der Waals surface area contributed by atoms with Crippen molar-refractivity contribution in [3.8, 4) is 0 Å². The largest absolute Gasteiger partial charge is 0.469 e. The Kier molecular flexibility index (Phi) is 4.74. The van der Waals surface area contributed by atoms with E-state index in [4.69, 9.17) is 4.42 Å². The van der Waals surface area contributed by atoms with Gasteiger partial charge in [-0.15, -0.1) is 0 Å². The van der Waals surface area contributed by atoms with Crippen LogP contribution in [0.15, 0.2) is 34.9 Å². The number of hydrogen-bond acceptors (Lipinski definition) is 3. The molecule has 1 aliphatic heterocycles. The Bertz CT molecular complexity index is 803. The number of amides is 3. The highest BCUT2D eigenvalue weighted by molar-refractivity contribution is 6.05. The lowest BCUT2D eigenvalue weighted by Gasteiger charge is -2.17. The summed E-state index contributed by atoms with van der Waals surface area (Å²) >= 11 is 0. The minimum atomic E-state index is -0.581. The van der Waals surface area contributed by atoms with Crippen molar-refractivity contribution in [1.82, 2.24) is 4.90 Å². The zero-order valence-corrected chi connectivity index (χ0v) is 14.1. The fourth-order valence-electron chi connectivity index (χ4n) is 2.83. The summed E-state index contributed by atoms with van der Waals surface area (Å²) in [5.74, 6) is -0.123. The Morgan fingerprint density at radius 3 is 2.72 bits per heavy atom. The molecule has 0 aliphatic carbocycles. The lowest BCUT2D eigenvalue weighted by atomic mass is 10.2. The molecule has 2 aromatic rings. The molecule has 1 aromatic heterocycles. The number of carbonyl (C=O) groups excluding carboxylic acids is 2. The van der Waals surface area contributed by atoms with Gasteiger partial charge in [-0.25, -0.2) is 9.18 Å². The maximum Gasteiger partial charge on any atom is 0.321 e. The first-order chi connectivity index (χ1) is 11.9. The normalized spacial score (nSPS) is 16.8. The van der Waals surface area contributed by atoms with Crippen LogP contribution in [-0.2, 0) is 0 Å². The Labute approximate surface area is 145 Å². The van der Waals surface area contributed by atoms with E-state index < -0.39 is 11.7 Å². The Hall–Kier alpha value is -2.83. The number of nitrogens with one attached hydrogen (secondary N) is 2. The summed E-state index contributed by atoms with van der Waals surface area (Å²) < 4.78 is 19.1. The third-order valence-electron chi connectivity index (χ3n) is 4.28. The van der Waals surface area contributed by atoms with Crippen LogP contribution in [0.5, 0.6) is 0 Å². The number of rotatable bonds is 3. The van der Waals surface area contributed by atoms with Gasteiger partial charge in [0, 0.05) is 18.8 Å². The number of halogens is 1. The molecule has 0 unspecified atom stereocenters. The Balaban J connectivity index is 1.71. The number of carbonyl (C=O) groups is 2. The van der Waals surface area contributed by atoms with Gasteiger partial charge in [0.15, 0.2) is 0 Å². The molecular weight excluding hydrogens is 325 g/mol. The molecule has 7 heteroatoms. The molecule has 0 spiro atoms. The van der Waals surface area contributed by atoms with Crippen molar-refractivity contribution in [2.24, 2.45) is 5.92 Å². The fourth-order valence-corrected chi connectivity index (χ4v) is 2.83. The highest BCUT2D eigenvalue weighted by atomic mass is 19.1. The second kappa shape index (κ2) is 6.96. The minimum Gasteiger partial charge on any atom is -0.469 e. The van der Waals surface area contributed by atoms with E-state index in [1.807, 2.05) is 0 Å². The van der Waals surface area contributed by atoms with Crippen LogP contribution in [0.3, 0.4) is 0 Å². The summed E-state index contributed by atoms with van der Waals surface area (Å²) in [7, 11) is 0. The van der Waals surface area contributed by atoms with Crippen molar-refractivity contribution in [2.75, 3.05) is 23.7 Å². The topological polar surface area (TPSA) is 74.6 Å². The van der Waals surface area contributed by atoms with Crippen molar-refractivity contribution in [3.63, 3.8) is 0 Å². The number of nitrogens with zero attached hydrogens (tertiary/aromatic N) is 1. The molecule has 1 aromatic carbocycles. The predicted octanol–water partition coefficient (Wildman–Crippen LogP) is 3.85. The van der Waals surface area contributed by atoms with Gasteiger partial charge in [-0.3, -0.25) is 4.79 Å². The fraction of sp³-hybridized carbons (Fsp3) is 0.333. The second-order valence-electron chi connectivity index (χ2n) is 6.31. The number of urea groups is 1. The van der Waals surface area contributed by atoms with Crippen LogP contribution in [-0.4, -0.2) is 29.9 Å². The Morgan fingerprint density at radius 1 is 1.28 bits per heavy atom. The summed E-state index contributed by atoms with van der Waals surface area (Å²) in [6, 6.07) is 5.37. The van der Waals surface area contributed by atoms with Crippen LogP contribution >= 0.6 is 0 Å². The zero-order valence-electron chi connectivity index (χ0n) is 14.1. The number of hydrogen-bond donors (Lipinski definition) is 2. The number of furan rings is 1. The molecule has 1 fully saturated rings. The van der Waals surface area contributed by atoms with Gasteiger partial charge in [-0.05, 0) is 43.5 Å². The highest BCUT2D eigenvalue weighted by Gasteiger charge is 2.23. The molecule has 3 amide bonds. The van der Waals surface area contributed by atoms with Crippen LogP contribution in [0.2, 0.25) is 0 Å². The summed E-state index contributed by atoms with van der Waals surface area (Å²) in [6.45, 7) is 5.16. The molecule has 3 rings (SSSR count). The third kappa shape index (κ3) is 3.81. The van der Waals surface area contributed by atoms with Gasteiger partial charge in [-0.1, -0.05) is 6.92 Å². The highest BCUT2D eigenvalue weighted by Crippen LogP contribution is 2.22. The average Bonchev–Trinajstić information content (AvgIpc) is 3.19. The lowest BCUT2D eigenvalue weighted by molar-refractivity contribution is 0.102. The standard InChI is InChI=1S/C18H20FN3O3/c1-11-5-7-22(10-11)18(24)20-13-3-4-15(19)16(9-13)21-17(23)14-6-8-25-12(14)2/h3-4,6,8-9,11H,5,7,10H2,1-2H3,(H,20,24)(H,21,23)/t11-/m1/s1. The van der Waals surface area contributed by atoms with E-state index >= 15 is 0 Å². The van der Waals surface area contributed by atoms with Crippen molar-refractivity contribution in [2.45, 2.75) is 20.3 Å². The number of likely N-dealkylation sites (tertiary alicyclic amines) is 1. The average molecular weight is 345 g/mol. The van der Waals surface area contributed by atoms with Gasteiger partial charge < -0.3 is 20.0 Å². The van der Waals surface area contributed by atoms with Crippen molar-refractivity contribution in [1.29, 1.82) is 0 Å². The quantitative estimate of drug-likeness (QED) is 0.887. The molecule has 6 nitrogen and oxygen atoms in total. The molecule has 1 atom stereocenters. The van der Waals surface area contributed by atoms with Crippen LogP contribution in [0.1, 0.15) is 29.5 Å². The van der Waals surface area contributed by atoms with Crippen LogP contribution < -0.4 is 10.6 Å². The van der Waals surface area contributed by atoms with E-state index in [-0.39, 0.29) is 11.7 Å². The third-order valence-corrected chi connectivity index (χ3v) is 4.28. The van der Waals surface area contributed by atoms with Crippen molar-refractivity contribution in [3.05, 3.63) is 47.7 Å². The van der Waals surface area contributed by atoms with Gasteiger partial charge in [0.1, 0.15) is 11.6 Å². The maximum absolute atomic E-state index is 14.0. The summed E-state index contributed by atoms with van der Waals surface area (Å²) in [5.41, 5.74) is 0.753. The number of benzene rings is 1. The van der Waals surface area contributed by atoms with Crippen molar-refractivity contribution < 1.29 is 18.4 Å². The van der Waals surface area contributed by atoms with Gasteiger partial charge in [-0.2, -0.15) is 0 Å². The van der Waals surface area contributed by atoms with Gasteiger partial charge in [0.05, 0.1) is 17.5 Å². The van der Waals surface area contributed by atoms with Gasteiger partial charge in [0.2, 0.25) is 0 Å². The summed E-state index contributed by atoms with van der Waals surface area (Å²) in [4.78, 5) is 26.1. The molecule has 2 N–H and O–H groups in total. The zero-order chi connectivity index (χ0) is 18.0. The van der Waals surface area contributed by atoms with Gasteiger partial charge >= 0.3 is 6.03 Å². The summed E-state index contributed by atoms with van der Waals surface area (Å²) in [6.07, 6.45) is 2.37. The molecule has 1 saturated heterocycles. The SMILES string of the molecule is Cc1occc1C(=O)Nc1cc(NC(=O)N2CC[C@@H](C)C2)ccc1F.